The monoisotopic (exact) mass is 338 g/mol. The number of carbonyl (C=O) groups is 1. The number of pyridine rings is 1. The van der Waals surface area contributed by atoms with Crippen LogP contribution < -0.4 is 16.0 Å². The van der Waals surface area contributed by atoms with Crippen molar-refractivity contribution >= 4 is 11.7 Å². The number of nitrogens with zero attached hydrogens (tertiary/aromatic N) is 2. The Bertz CT molecular complexity index is 779. The molecule has 3 N–H and O–H groups in total. The van der Waals surface area contributed by atoms with Crippen LogP contribution in [0.5, 0.6) is 0 Å². The van der Waals surface area contributed by atoms with Gasteiger partial charge in [-0.1, -0.05) is 24.3 Å². The van der Waals surface area contributed by atoms with Crippen LogP contribution in [-0.4, -0.2) is 37.1 Å². The van der Waals surface area contributed by atoms with E-state index in [4.69, 9.17) is 5.73 Å². The maximum absolute atomic E-state index is 12.1. The number of rotatable bonds is 4. The molecule has 5 nitrogen and oxygen atoms in total. The lowest BCUT2D eigenvalue weighted by atomic mass is 9.80. The van der Waals surface area contributed by atoms with Gasteiger partial charge < -0.3 is 16.0 Å². The Morgan fingerprint density at radius 2 is 1.88 bits per heavy atom. The first-order valence-electron chi connectivity index (χ1n) is 8.73. The second-order valence-corrected chi connectivity index (χ2v) is 7.13. The molecule has 1 aromatic carbocycles. The maximum Gasteiger partial charge on any atom is 0.227 e. The van der Waals surface area contributed by atoms with Crippen LogP contribution >= 0.6 is 0 Å². The number of piperazine rings is 1. The standard InChI is InChI=1S/C20H26N4O/c1-14-6-4-5-7-15(14)16-12-18(24-10-8-22-9-11-24)23-13-17(16)20(2,3)19(21)25/h4-7,12-13,22H,8-11H2,1-3H3,(H2,21,25). The van der Waals surface area contributed by atoms with E-state index >= 15 is 0 Å². The molecule has 1 saturated heterocycles. The lowest BCUT2D eigenvalue weighted by Crippen LogP contribution is -2.44. The number of benzene rings is 1. The first-order chi connectivity index (χ1) is 11.9. The first-order valence-corrected chi connectivity index (χ1v) is 8.73. The summed E-state index contributed by atoms with van der Waals surface area (Å²) in [6.45, 7) is 9.57. The highest BCUT2D eigenvalue weighted by molar-refractivity contribution is 5.89. The van der Waals surface area contributed by atoms with E-state index < -0.39 is 5.41 Å². The fraction of sp³-hybridized carbons (Fsp3) is 0.400. The van der Waals surface area contributed by atoms with Gasteiger partial charge in [-0.05, 0) is 49.1 Å². The van der Waals surface area contributed by atoms with E-state index in [1.807, 2.05) is 32.2 Å². The van der Waals surface area contributed by atoms with Gasteiger partial charge in [-0.2, -0.15) is 0 Å². The SMILES string of the molecule is Cc1ccccc1-c1cc(N2CCNCC2)ncc1C(C)(C)C(N)=O. The highest BCUT2D eigenvalue weighted by Crippen LogP contribution is 2.36. The van der Waals surface area contributed by atoms with E-state index in [1.165, 1.54) is 5.56 Å². The smallest absolute Gasteiger partial charge is 0.227 e. The van der Waals surface area contributed by atoms with Gasteiger partial charge in [0.15, 0.2) is 0 Å². The third kappa shape index (κ3) is 3.37. The molecule has 0 atom stereocenters. The molecule has 0 bridgehead atoms. The average Bonchev–Trinajstić information content (AvgIpc) is 2.62. The normalized spacial score (nSPS) is 15.2. The molecule has 2 aromatic rings. The summed E-state index contributed by atoms with van der Waals surface area (Å²) in [6.07, 6.45) is 1.82. The lowest BCUT2D eigenvalue weighted by Gasteiger charge is -2.31. The van der Waals surface area contributed by atoms with E-state index in [2.05, 4.69) is 40.3 Å². The van der Waals surface area contributed by atoms with E-state index in [1.54, 1.807) is 0 Å². The van der Waals surface area contributed by atoms with Crippen LogP contribution in [0.2, 0.25) is 0 Å². The Morgan fingerprint density at radius 3 is 2.52 bits per heavy atom. The predicted molar refractivity (Wildman–Crippen MR) is 102 cm³/mol. The van der Waals surface area contributed by atoms with Gasteiger partial charge >= 0.3 is 0 Å². The number of hydrogen-bond donors (Lipinski definition) is 2. The van der Waals surface area contributed by atoms with Gasteiger partial charge in [0.05, 0.1) is 5.41 Å². The van der Waals surface area contributed by atoms with Gasteiger partial charge in [0, 0.05) is 32.4 Å². The number of carbonyl (C=O) groups excluding carboxylic acids is 1. The van der Waals surface area contributed by atoms with E-state index in [0.717, 1.165) is 48.7 Å². The van der Waals surface area contributed by atoms with Gasteiger partial charge in [-0.25, -0.2) is 4.98 Å². The number of nitrogens with two attached hydrogens (primary N) is 1. The Hall–Kier alpha value is -2.40. The number of primary amides is 1. The Balaban J connectivity index is 2.16. The highest BCUT2D eigenvalue weighted by Gasteiger charge is 2.31. The fourth-order valence-corrected chi connectivity index (χ4v) is 3.24. The van der Waals surface area contributed by atoms with Gasteiger partial charge in [-0.15, -0.1) is 0 Å². The second-order valence-electron chi connectivity index (χ2n) is 7.13. The van der Waals surface area contributed by atoms with Crippen LogP contribution in [-0.2, 0) is 10.2 Å². The van der Waals surface area contributed by atoms with Crippen LogP contribution in [0.4, 0.5) is 5.82 Å². The molecule has 1 fully saturated rings. The Kier molecular flexibility index (Phi) is 4.77. The van der Waals surface area contributed by atoms with Crippen molar-refractivity contribution in [2.45, 2.75) is 26.2 Å². The van der Waals surface area contributed by atoms with Crippen LogP contribution in [0, 0.1) is 6.92 Å². The molecule has 3 rings (SSSR count). The van der Waals surface area contributed by atoms with Gasteiger partial charge in [0.2, 0.25) is 5.91 Å². The molecule has 0 unspecified atom stereocenters. The molecular formula is C20H26N4O. The zero-order valence-corrected chi connectivity index (χ0v) is 15.2. The maximum atomic E-state index is 12.1. The van der Waals surface area contributed by atoms with Crippen molar-refractivity contribution in [3.05, 3.63) is 47.7 Å². The topological polar surface area (TPSA) is 71.2 Å². The van der Waals surface area contributed by atoms with Crippen molar-refractivity contribution < 1.29 is 4.79 Å². The number of aryl methyl sites for hydroxylation is 1. The third-order valence-electron chi connectivity index (χ3n) is 5.06. The lowest BCUT2D eigenvalue weighted by molar-refractivity contribution is -0.122. The average molecular weight is 338 g/mol. The molecule has 0 saturated carbocycles. The first kappa shape index (κ1) is 17.4. The summed E-state index contributed by atoms with van der Waals surface area (Å²) in [4.78, 5) is 19.0. The number of aromatic nitrogens is 1. The minimum absolute atomic E-state index is 0.348. The summed E-state index contributed by atoms with van der Waals surface area (Å²) in [5.41, 5.74) is 9.08. The van der Waals surface area contributed by atoms with Crippen molar-refractivity contribution in [2.24, 2.45) is 5.73 Å². The van der Waals surface area contributed by atoms with Gasteiger partial charge in [-0.3, -0.25) is 4.79 Å². The zero-order chi connectivity index (χ0) is 18.0. The summed E-state index contributed by atoms with van der Waals surface area (Å²) in [6, 6.07) is 10.3. The van der Waals surface area contributed by atoms with E-state index in [-0.39, 0.29) is 5.91 Å². The molecule has 1 aliphatic heterocycles. The van der Waals surface area contributed by atoms with Gasteiger partial charge in [0.25, 0.3) is 0 Å². The summed E-state index contributed by atoms with van der Waals surface area (Å²) in [5, 5.41) is 3.36. The zero-order valence-electron chi connectivity index (χ0n) is 15.2. The van der Waals surface area contributed by atoms with Crippen LogP contribution in [0.25, 0.3) is 11.1 Å². The van der Waals surface area contributed by atoms with Crippen molar-refractivity contribution in [2.75, 3.05) is 31.1 Å². The molecule has 1 aliphatic rings. The van der Waals surface area contributed by atoms with Crippen LogP contribution in [0.15, 0.2) is 36.5 Å². The molecular weight excluding hydrogens is 312 g/mol. The van der Waals surface area contributed by atoms with E-state index in [9.17, 15) is 4.79 Å². The van der Waals surface area contributed by atoms with Crippen LogP contribution in [0.1, 0.15) is 25.0 Å². The number of hydrogen-bond acceptors (Lipinski definition) is 4. The predicted octanol–water partition coefficient (Wildman–Crippen LogP) is 2.23. The van der Waals surface area contributed by atoms with Crippen molar-refractivity contribution in [3.63, 3.8) is 0 Å². The van der Waals surface area contributed by atoms with Crippen LogP contribution in [0.3, 0.4) is 0 Å². The quantitative estimate of drug-likeness (QED) is 0.897. The van der Waals surface area contributed by atoms with Crippen molar-refractivity contribution in [1.29, 1.82) is 0 Å². The Labute approximate surface area is 149 Å². The molecule has 5 heteroatoms. The minimum Gasteiger partial charge on any atom is -0.369 e. The molecule has 1 amide bonds. The molecule has 2 heterocycles. The molecule has 132 valence electrons. The molecule has 1 aromatic heterocycles. The molecule has 0 radical (unpaired) electrons. The number of amides is 1. The summed E-state index contributed by atoms with van der Waals surface area (Å²) in [7, 11) is 0. The second kappa shape index (κ2) is 6.84. The van der Waals surface area contributed by atoms with E-state index in [0.29, 0.717) is 0 Å². The summed E-state index contributed by atoms with van der Waals surface area (Å²) < 4.78 is 0. The molecule has 25 heavy (non-hydrogen) atoms. The summed E-state index contributed by atoms with van der Waals surface area (Å²) >= 11 is 0. The molecule has 0 spiro atoms. The highest BCUT2D eigenvalue weighted by atomic mass is 16.1. The molecule has 0 aliphatic carbocycles. The summed E-state index contributed by atoms with van der Waals surface area (Å²) in [5.74, 6) is 0.600. The number of anilines is 1. The van der Waals surface area contributed by atoms with Crippen molar-refractivity contribution in [3.8, 4) is 11.1 Å². The largest absolute Gasteiger partial charge is 0.369 e. The minimum atomic E-state index is -0.785. The number of nitrogens with one attached hydrogen (secondary N) is 1. The fourth-order valence-electron chi connectivity index (χ4n) is 3.24. The third-order valence-corrected chi connectivity index (χ3v) is 5.06. The van der Waals surface area contributed by atoms with Gasteiger partial charge in [0.1, 0.15) is 5.82 Å². The Morgan fingerprint density at radius 1 is 1.20 bits per heavy atom. The van der Waals surface area contributed by atoms with Crippen molar-refractivity contribution in [1.82, 2.24) is 10.3 Å².